The fourth-order valence-electron chi connectivity index (χ4n) is 1.92. The zero-order chi connectivity index (χ0) is 19.0. The van der Waals surface area contributed by atoms with Gasteiger partial charge in [-0.3, -0.25) is 4.79 Å². The smallest absolute Gasteiger partial charge is 0.337 e. The number of benzene rings is 2. The Morgan fingerprint density at radius 2 is 1.58 bits per heavy atom. The van der Waals surface area contributed by atoms with E-state index >= 15 is 0 Å². The summed E-state index contributed by atoms with van der Waals surface area (Å²) in [5.74, 6) is -0.805. The summed E-state index contributed by atoms with van der Waals surface area (Å²) in [5, 5.41) is 20.6. The normalized spacial score (nSPS) is 12.7. The van der Waals surface area contributed by atoms with Crippen molar-refractivity contribution in [2.45, 2.75) is 19.1 Å². The molecule has 0 aliphatic heterocycles. The SMILES string of the molecule is CC(O)(CNC(=O)COc1ccc(OCc2ccccc2)cc1)C(=O)O. The van der Waals surface area contributed by atoms with E-state index < -0.39 is 24.0 Å². The number of amides is 1. The van der Waals surface area contributed by atoms with Crippen LogP contribution in [0.4, 0.5) is 0 Å². The number of aliphatic hydroxyl groups is 1. The van der Waals surface area contributed by atoms with E-state index in [0.717, 1.165) is 12.5 Å². The summed E-state index contributed by atoms with van der Waals surface area (Å²) >= 11 is 0. The Hall–Kier alpha value is -3.06. The van der Waals surface area contributed by atoms with Crippen molar-refractivity contribution in [1.29, 1.82) is 0 Å². The lowest BCUT2D eigenvalue weighted by molar-refractivity contribution is -0.156. The van der Waals surface area contributed by atoms with Crippen LogP contribution in [0.5, 0.6) is 11.5 Å². The maximum atomic E-state index is 11.6. The number of hydrogen-bond donors (Lipinski definition) is 3. The molecule has 1 unspecified atom stereocenters. The van der Waals surface area contributed by atoms with Crippen LogP contribution in [0, 0.1) is 0 Å². The van der Waals surface area contributed by atoms with Crippen molar-refractivity contribution >= 4 is 11.9 Å². The number of ether oxygens (including phenoxy) is 2. The molecule has 0 fully saturated rings. The Labute approximate surface area is 151 Å². The molecule has 0 heterocycles. The third-order valence-corrected chi connectivity index (χ3v) is 3.53. The van der Waals surface area contributed by atoms with Crippen LogP contribution in [-0.2, 0) is 16.2 Å². The fraction of sp³-hybridized carbons (Fsp3) is 0.263. The third-order valence-electron chi connectivity index (χ3n) is 3.53. The van der Waals surface area contributed by atoms with Crippen molar-refractivity contribution in [3.05, 3.63) is 60.2 Å². The lowest BCUT2D eigenvalue weighted by atomic mass is 10.1. The zero-order valence-electron chi connectivity index (χ0n) is 14.3. The highest BCUT2D eigenvalue weighted by Gasteiger charge is 2.30. The molecule has 2 aromatic carbocycles. The van der Waals surface area contributed by atoms with E-state index in [9.17, 15) is 14.7 Å². The summed E-state index contributed by atoms with van der Waals surface area (Å²) in [6, 6.07) is 16.6. The van der Waals surface area contributed by atoms with Gasteiger partial charge in [-0.2, -0.15) is 0 Å². The van der Waals surface area contributed by atoms with Crippen LogP contribution in [0.1, 0.15) is 12.5 Å². The first-order chi connectivity index (χ1) is 12.4. The van der Waals surface area contributed by atoms with E-state index in [4.69, 9.17) is 14.6 Å². The monoisotopic (exact) mass is 359 g/mol. The van der Waals surface area contributed by atoms with Crippen LogP contribution in [0.15, 0.2) is 54.6 Å². The van der Waals surface area contributed by atoms with Gasteiger partial charge in [-0.25, -0.2) is 4.79 Å². The average Bonchev–Trinajstić information content (AvgIpc) is 2.64. The van der Waals surface area contributed by atoms with Gasteiger partial charge >= 0.3 is 5.97 Å². The van der Waals surface area contributed by atoms with E-state index in [1.54, 1.807) is 24.3 Å². The lowest BCUT2D eigenvalue weighted by Crippen LogP contribution is -2.47. The second kappa shape index (κ2) is 8.87. The van der Waals surface area contributed by atoms with E-state index in [-0.39, 0.29) is 6.61 Å². The summed E-state index contributed by atoms with van der Waals surface area (Å²) < 4.78 is 11.0. The number of nitrogens with one attached hydrogen (secondary N) is 1. The Morgan fingerprint density at radius 3 is 2.15 bits per heavy atom. The van der Waals surface area contributed by atoms with Gasteiger partial charge in [-0.15, -0.1) is 0 Å². The molecule has 0 aromatic heterocycles. The van der Waals surface area contributed by atoms with E-state index in [1.807, 2.05) is 30.3 Å². The molecule has 0 saturated heterocycles. The minimum Gasteiger partial charge on any atom is -0.489 e. The number of carboxylic acid groups (broad SMARTS) is 1. The van der Waals surface area contributed by atoms with E-state index in [0.29, 0.717) is 18.1 Å². The molecular formula is C19H21NO6. The first-order valence-corrected chi connectivity index (χ1v) is 7.99. The number of carboxylic acids is 1. The van der Waals surface area contributed by atoms with Crippen LogP contribution in [-0.4, -0.2) is 40.8 Å². The van der Waals surface area contributed by atoms with E-state index in [2.05, 4.69) is 5.32 Å². The Bertz CT molecular complexity index is 727. The van der Waals surface area contributed by atoms with Gasteiger partial charge in [0.15, 0.2) is 12.2 Å². The molecule has 2 rings (SSSR count). The minimum atomic E-state index is -2.02. The Balaban J connectivity index is 1.75. The molecule has 0 aliphatic rings. The first-order valence-electron chi connectivity index (χ1n) is 7.99. The summed E-state index contributed by atoms with van der Waals surface area (Å²) in [4.78, 5) is 22.4. The second-order valence-corrected chi connectivity index (χ2v) is 5.89. The van der Waals surface area contributed by atoms with Crippen LogP contribution in [0.2, 0.25) is 0 Å². The standard InChI is InChI=1S/C19H21NO6/c1-19(24,18(22)23)13-20-17(21)12-26-16-9-7-15(8-10-16)25-11-14-5-3-2-4-6-14/h2-10,24H,11-13H2,1H3,(H,20,21)(H,22,23). The van der Waals surface area contributed by atoms with Crippen LogP contribution >= 0.6 is 0 Å². The molecule has 26 heavy (non-hydrogen) atoms. The van der Waals surface area contributed by atoms with E-state index in [1.165, 1.54) is 0 Å². The molecule has 1 amide bonds. The van der Waals surface area contributed by atoms with Gasteiger partial charge in [0.2, 0.25) is 0 Å². The highest BCUT2D eigenvalue weighted by molar-refractivity contribution is 5.80. The van der Waals surface area contributed by atoms with Crippen molar-refractivity contribution < 1.29 is 29.3 Å². The second-order valence-electron chi connectivity index (χ2n) is 5.89. The molecule has 7 heteroatoms. The molecule has 7 nitrogen and oxygen atoms in total. The number of carbonyl (C=O) groups is 2. The number of carbonyl (C=O) groups excluding carboxylic acids is 1. The highest BCUT2D eigenvalue weighted by Crippen LogP contribution is 2.18. The van der Waals surface area contributed by atoms with Gasteiger partial charge in [0, 0.05) is 0 Å². The summed E-state index contributed by atoms with van der Waals surface area (Å²) in [6.45, 7) is 0.855. The summed E-state index contributed by atoms with van der Waals surface area (Å²) in [6.07, 6.45) is 0. The largest absolute Gasteiger partial charge is 0.489 e. The molecule has 0 bridgehead atoms. The Kier molecular flexibility index (Phi) is 6.57. The maximum Gasteiger partial charge on any atom is 0.337 e. The van der Waals surface area contributed by atoms with Crippen LogP contribution in [0.3, 0.4) is 0 Å². The van der Waals surface area contributed by atoms with Gasteiger partial charge in [0.25, 0.3) is 5.91 Å². The fourth-order valence-corrected chi connectivity index (χ4v) is 1.92. The zero-order valence-corrected chi connectivity index (χ0v) is 14.3. The van der Waals surface area contributed by atoms with Crippen molar-refractivity contribution in [1.82, 2.24) is 5.32 Å². The number of hydrogen-bond acceptors (Lipinski definition) is 5. The molecular weight excluding hydrogens is 338 g/mol. The molecule has 138 valence electrons. The first kappa shape index (κ1) is 19.3. The number of rotatable bonds is 9. The predicted octanol–water partition coefficient (Wildman–Crippen LogP) is 1.60. The lowest BCUT2D eigenvalue weighted by Gasteiger charge is -2.18. The number of aliphatic carboxylic acids is 1. The Morgan fingerprint density at radius 1 is 1.00 bits per heavy atom. The molecule has 0 radical (unpaired) electrons. The quantitative estimate of drug-likeness (QED) is 0.628. The van der Waals surface area contributed by atoms with Gasteiger partial charge < -0.3 is 25.0 Å². The molecule has 0 spiro atoms. The molecule has 3 N–H and O–H groups in total. The van der Waals surface area contributed by atoms with Crippen molar-refractivity contribution in [2.24, 2.45) is 0 Å². The minimum absolute atomic E-state index is 0.292. The topological polar surface area (TPSA) is 105 Å². The van der Waals surface area contributed by atoms with Gasteiger partial charge in [-0.1, -0.05) is 30.3 Å². The third kappa shape index (κ3) is 6.10. The highest BCUT2D eigenvalue weighted by atomic mass is 16.5. The molecule has 2 aromatic rings. The molecule has 0 aliphatic carbocycles. The van der Waals surface area contributed by atoms with Crippen molar-refractivity contribution in [3.63, 3.8) is 0 Å². The molecule has 0 saturated carbocycles. The van der Waals surface area contributed by atoms with Gasteiger partial charge in [0.05, 0.1) is 6.54 Å². The van der Waals surface area contributed by atoms with Crippen molar-refractivity contribution in [2.75, 3.05) is 13.2 Å². The predicted molar refractivity (Wildman–Crippen MR) is 94.0 cm³/mol. The maximum absolute atomic E-state index is 11.6. The summed E-state index contributed by atoms with van der Waals surface area (Å²) in [7, 11) is 0. The summed E-state index contributed by atoms with van der Waals surface area (Å²) in [5.41, 5.74) is -0.963. The molecule has 1 atom stereocenters. The van der Waals surface area contributed by atoms with Gasteiger partial charge in [-0.05, 0) is 36.8 Å². The van der Waals surface area contributed by atoms with Gasteiger partial charge in [0.1, 0.15) is 18.1 Å². The van der Waals surface area contributed by atoms with Crippen molar-refractivity contribution in [3.8, 4) is 11.5 Å². The van der Waals surface area contributed by atoms with Crippen LogP contribution < -0.4 is 14.8 Å². The average molecular weight is 359 g/mol. The van der Waals surface area contributed by atoms with Crippen LogP contribution in [0.25, 0.3) is 0 Å².